The van der Waals surface area contributed by atoms with Gasteiger partial charge in [0.05, 0.1) is 6.07 Å². The molecule has 2 aromatic rings. The van der Waals surface area contributed by atoms with E-state index in [1.807, 2.05) is 48.5 Å². The first kappa shape index (κ1) is 16.1. The van der Waals surface area contributed by atoms with Crippen LogP contribution in [-0.2, 0) is 6.54 Å². The van der Waals surface area contributed by atoms with Crippen molar-refractivity contribution in [1.29, 1.82) is 5.26 Å². The van der Waals surface area contributed by atoms with Crippen LogP contribution >= 0.6 is 0 Å². The first-order valence-corrected chi connectivity index (χ1v) is 7.62. The third-order valence-corrected chi connectivity index (χ3v) is 3.60. The van der Waals surface area contributed by atoms with Gasteiger partial charge in [-0.2, -0.15) is 5.26 Å². The lowest BCUT2D eigenvalue weighted by atomic mass is 10.1. The molecule has 0 N–H and O–H groups in total. The molecule has 0 heterocycles. The summed E-state index contributed by atoms with van der Waals surface area (Å²) in [6.07, 6.45) is 0.530. The van der Waals surface area contributed by atoms with Crippen LogP contribution in [0, 0.1) is 11.3 Å². The van der Waals surface area contributed by atoms with E-state index in [-0.39, 0.29) is 6.04 Å². The molecule has 0 fully saturated rings. The van der Waals surface area contributed by atoms with Crippen molar-refractivity contribution in [3.05, 3.63) is 66.2 Å². The van der Waals surface area contributed by atoms with Crippen LogP contribution in [0.25, 0.3) is 0 Å². The molecule has 3 heteroatoms. The Kier molecular flexibility index (Phi) is 6.47. The number of ether oxygens (including phenoxy) is 1. The smallest absolute Gasteiger partial charge is 0.119 e. The summed E-state index contributed by atoms with van der Waals surface area (Å²) < 4.78 is 5.84. The first-order chi connectivity index (χ1) is 10.8. The Morgan fingerprint density at radius 1 is 1.05 bits per heavy atom. The molecule has 2 aromatic carbocycles. The minimum atomic E-state index is 0.244. The Bertz CT molecular complexity index is 577. The fourth-order valence-electron chi connectivity index (χ4n) is 2.31. The summed E-state index contributed by atoms with van der Waals surface area (Å²) >= 11 is 0. The number of nitriles is 1. The van der Waals surface area contributed by atoms with Crippen LogP contribution in [0.1, 0.15) is 18.9 Å². The maximum atomic E-state index is 8.86. The highest BCUT2D eigenvalue weighted by Gasteiger charge is 2.14. The van der Waals surface area contributed by atoms with E-state index in [0.29, 0.717) is 13.0 Å². The third kappa shape index (κ3) is 5.23. The Hall–Kier alpha value is -2.31. The zero-order valence-corrected chi connectivity index (χ0v) is 13.0. The van der Waals surface area contributed by atoms with Gasteiger partial charge in [0.1, 0.15) is 12.4 Å². The summed E-state index contributed by atoms with van der Waals surface area (Å²) in [7, 11) is 0. The molecule has 0 saturated heterocycles. The van der Waals surface area contributed by atoms with Gasteiger partial charge < -0.3 is 4.74 Å². The van der Waals surface area contributed by atoms with E-state index in [4.69, 9.17) is 10.00 Å². The molecule has 0 aromatic heterocycles. The van der Waals surface area contributed by atoms with Crippen molar-refractivity contribution in [2.45, 2.75) is 25.9 Å². The zero-order valence-electron chi connectivity index (χ0n) is 13.0. The summed E-state index contributed by atoms with van der Waals surface area (Å²) in [4.78, 5) is 2.29. The van der Waals surface area contributed by atoms with Crippen molar-refractivity contribution < 1.29 is 4.74 Å². The zero-order chi connectivity index (χ0) is 15.6. The Labute approximate surface area is 132 Å². The number of nitrogens with zero attached hydrogens (tertiary/aromatic N) is 2. The molecule has 0 spiro atoms. The van der Waals surface area contributed by atoms with Crippen molar-refractivity contribution in [3.63, 3.8) is 0 Å². The standard InChI is InChI=1S/C19H22N2O/c1-17(16-22-19-11-6-3-7-12-19)21(14-8-13-20)15-18-9-4-2-5-10-18/h2-7,9-12,17H,8,14-16H2,1H3. The second-order valence-corrected chi connectivity index (χ2v) is 5.34. The van der Waals surface area contributed by atoms with Crippen LogP contribution in [0.15, 0.2) is 60.7 Å². The molecule has 0 aliphatic heterocycles. The molecule has 0 aliphatic carbocycles. The van der Waals surface area contributed by atoms with E-state index in [2.05, 4.69) is 30.0 Å². The van der Waals surface area contributed by atoms with Crippen LogP contribution < -0.4 is 4.74 Å². The predicted octanol–water partition coefficient (Wildman–Crippen LogP) is 3.87. The van der Waals surface area contributed by atoms with Crippen LogP contribution in [-0.4, -0.2) is 24.1 Å². The van der Waals surface area contributed by atoms with Gasteiger partial charge in [0, 0.05) is 25.6 Å². The van der Waals surface area contributed by atoms with Gasteiger partial charge in [0.2, 0.25) is 0 Å². The fraction of sp³-hybridized carbons (Fsp3) is 0.316. The fourth-order valence-corrected chi connectivity index (χ4v) is 2.31. The predicted molar refractivity (Wildman–Crippen MR) is 88.5 cm³/mol. The van der Waals surface area contributed by atoms with Crippen LogP contribution in [0.4, 0.5) is 0 Å². The van der Waals surface area contributed by atoms with E-state index in [9.17, 15) is 0 Å². The molecule has 0 bridgehead atoms. The minimum Gasteiger partial charge on any atom is -0.492 e. The third-order valence-electron chi connectivity index (χ3n) is 3.60. The van der Waals surface area contributed by atoms with Gasteiger partial charge in [-0.3, -0.25) is 4.90 Å². The van der Waals surface area contributed by atoms with Crippen molar-refractivity contribution in [1.82, 2.24) is 4.90 Å². The molecule has 0 aliphatic rings. The van der Waals surface area contributed by atoms with Gasteiger partial charge in [0.25, 0.3) is 0 Å². The summed E-state index contributed by atoms with van der Waals surface area (Å²) in [5.41, 5.74) is 1.26. The minimum absolute atomic E-state index is 0.244. The first-order valence-electron chi connectivity index (χ1n) is 7.62. The van der Waals surface area contributed by atoms with Gasteiger partial charge in [0.15, 0.2) is 0 Å². The number of hydrogen-bond acceptors (Lipinski definition) is 3. The van der Waals surface area contributed by atoms with E-state index in [1.54, 1.807) is 0 Å². The number of para-hydroxylation sites is 1. The van der Waals surface area contributed by atoms with Gasteiger partial charge >= 0.3 is 0 Å². The Balaban J connectivity index is 1.93. The topological polar surface area (TPSA) is 36.3 Å². The Morgan fingerprint density at radius 3 is 2.32 bits per heavy atom. The normalized spacial score (nSPS) is 11.9. The lowest BCUT2D eigenvalue weighted by Crippen LogP contribution is -2.37. The van der Waals surface area contributed by atoms with Crippen molar-refractivity contribution in [3.8, 4) is 11.8 Å². The van der Waals surface area contributed by atoms with Crippen LogP contribution in [0.2, 0.25) is 0 Å². The summed E-state index contributed by atoms with van der Waals surface area (Å²) in [6, 6.07) is 22.7. The molecular formula is C19H22N2O. The molecule has 114 valence electrons. The largest absolute Gasteiger partial charge is 0.492 e. The summed E-state index contributed by atoms with van der Waals surface area (Å²) in [5.74, 6) is 0.884. The van der Waals surface area contributed by atoms with Gasteiger partial charge in [-0.15, -0.1) is 0 Å². The number of benzene rings is 2. The Morgan fingerprint density at radius 2 is 1.68 bits per heavy atom. The monoisotopic (exact) mass is 294 g/mol. The molecule has 1 unspecified atom stereocenters. The summed E-state index contributed by atoms with van der Waals surface area (Å²) in [6.45, 7) is 4.35. The van der Waals surface area contributed by atoms with Gasteiger partial charge in [-0.05, 0) is 24.6 Å². The van der Waals surface area contributed by atoms with Crippen LogP contribution in [0.3, 0.4) is 0 Å². The van der Waals surface area contributed by atoms with E-state index >= 15 is 0 Å². The van der Waals surface area contributed by atoms with Crippen molar-refractivity contribution in [2.24, 2.45) is 0 Å². The average molecular weight is 294 g/mol. The molecule has 0 radical (unpaired) electrons. The van der Waals surface area contributed by atoms with Crippen LogP contribution in [0.5, 0.6) is 5.75 Å². The lowest BCUT2D eigenvalue weighted by Gasteiger charge is -2.28. The highest BCUT2D eigenvalue weighted by molar-refractivity contribution is 5.21. The average Bonchev–Trinajstić information content (AvgIpc) is 2.58. The number of rotatable bonds is 8. The highest BCUT2D eigenvalue weighted by Crippen LogP contribution is 2.13. The lowest BCUT2D eigenvalue weighted by molar-refractivity contribution is 0.142. The van der Waals surface area contributed by atoms with E-state index in [1.165, 1.54) is 5.56 Å². The van der Waals surface area contributed by atoms with Crippen molar-refractivity contribution >= 4 is 0 Å². The van der Waals surface area contributed by atoms with Gasteiger partial charge in [-0.1, -0.05) is 48.5 Å². The SMILES string of the molecule is CC(COc1ccccc1)N(CCC#N)Cc1ccccc1. The maximum Gasteiger partial charge on any atom is 0.119 e. The molecular weight excluding hydrogens is 272 g/mol. The second kappa shape index (κ2) is 8.86. The maximum absolute atomic E-state index is 8.86. The molecule has 0 saturated carbocycles. The number of hydrogen-bond donors (Lipinski definition) is 0. The summed E-state index contributed by atoms with van der Waals surface area (Å²) in [5, 5.41) is 8.86. The second-order valence-electron chi connectivity index (χ2n) is 5.34. The van der Waals surface area contributed by atoms with Crippen molar-refractivity contribution in [2.75, 3.05) is 13.2 Å². The molecule has 0 amide bonds. The highest BCUT2D eigenvalue weighted by atomic mass is 16.5. The molecule has 2 rings (SSSR count). The molecule has 3 nitrogen and oxygen atoms in total. The van der Waals surface area contributed by atoms with E-state index < -0.39 is 0 Å². The quantitative estimate of drug-likeness (QED) is 0.741. The molecule has 22 heavy (non-hydrogen) atoms. The van der Waals surface area contributed by atoms with Gasteiger partial charge in [-0.25, -0.2) is 0 Å². The molecule has 1 atom stereocenters. The van der Waals surface area contributed by atoms with E-state index in [0.717, 1.165) is 18.8 Å².